The summed E-state index contributed by atoms with van der Waals surface area (Å²) < 4.78 is 40.5. The Hall–Kier alpha value is -8.62. The molecule has 0 aliphatic carbocycles. The molecule has 3 aliphatic heterocycles. The zero-order valence-corrected chi connectivity index (χ0v) is 44.9. The Kier molecular flexibility index (Phi) is 21.5. The number of amides is 6. The van der Waals surface area contributed by atoms with Crippen LogP contribution in [-0.2, 0) is 70.7 Å². The van der Waals surface area contributed by atoms with E-state index in [2.05, 4.69) is 31.6 Å². The van der Waals surface area contributed by atoms with E-state index in [9.17, 15) is 52.7 Å². The Morgan fingerprint density at radius 3 is 2.20 bits per heavy atom. The molecule has 0 unspecified atom stereocenters. The third-order valence-corrected chi connectivity index (χ3v) is 13.8. The van der Waals surface area contributed by atoms with Gasteiger partial charge in [-0.25, -0.2) is 13.5 Å². The molecular formula is C58H66F2N10O11. The number of carbonyl (C=O) groups excluding carboxylic acids is 6. The molecule has 0 saturated carbocycles. The van der Waals surface area contributed by atoms with Crippen LogP contribution in [-0.4, -0.2) is 147 Å². The topological polar surface area (TPSA) is 288 Å². The fourth-order valence-electron chi connectivity index (χ4n) is 9.41. The van der Waals surface area contributed by atoms with Gasteiger partial charge in [-0.3, -0.25) is 33.6 Å². The van der Waals surface area contributed by atoms with E-state index in [0.29, 0.717) is 76.5 Å². The maximum atomic E-state index is 14.0. The van der Waals surface area contributed by atoms with Crippen LogP contribution in [0.25, 0.3) is 11.3 Å². The summed E-state index contributed by atoms with van der Waals surface area (Å²) in [6.45, 7) is 4.08. The highest BCUT2D eigenvalue weighted by Gasteiger charge is 2.50. The van der Waals surface area contributed by atoms with Crippen molar-refractivity contribution >= 4 is 41.4 Å². The zero-order valence-electron chi connectivity index (χ0n) is 44.9. The number of carboxylic acids is 1. The number of fused-ring (bicyclic) bond motifs is 1. The lowest BCUT2D eigenvalue weighted by atomic mass is 9.99. The van der Waals surface area contributed by atoms with E-state index in [4.69, 9.17) is 14.6 Å². The summed E-state index contributed by atoms with van der Waals surface area (Å²) in [6.07, 6.45) is 2.72. The highest BCUT2D eigenvalue weighted by molar-refractivity contribution is 5.95. The van der Waals surface area contributed by atoms with Crippen molar-refractivity contribution in [3.63, 3.8) is 0 Å². The molecule has 1 aromatic heterocycles. The summed E-state index contributed by atoms with van der Waals surface area (Å²) >= 11 is 0. The van der Waals surface area contributed by atoms with Crippen LogP contribution in [0.2, 0.25) is 0 Å². The number of halogens is 2. The van der Waals surface area contributed by atoms with Crippen LogP contribution in [0, 0.1) is 24.2 Å². The molecule has 5 aromatic rings. The van der Waals surface area contributed by atoms with E-state index in [1.54, 1.807) is 70.4 Å². The lowest BCUT2D eigenvalue weighted by Gasteiger charge is -2.22. The average Bonchev–Trinajstić information content (AvgIpc) is 4.39. The molecule has 3 atom stereocenters. The Bertz CT molecular complexity index is 3040. The number of nitrogens with one attached hydrogen (secondary N) is 4. The van der Waals surface area contributed by atoms with Gasteiger partial charge >= 0.3 is 5.97 Å². The van der Waals surface area contributed by atoms with Crippen molar-refractivity contribution in [3.8, 4) is 23.1 Å². The third kappa shape index (κ3) is 18.2. The maximum Gasteiger partial charge on any atom is 0.303 e. The average molecular weight is 1120 g/mol. The van der Waals surface area contributed by atoms with Crippen molar-refractivity contribution in [1.29, 1.82) is 5.26 Å². The van der Waals surface area contributed by atoms with Crippen LogP contribution in [0.5, 0.6) is 5.75 Å². The number of nitrogens with zero attached hydrogens (tertiary/aromatic N) is 6. The van der Waals surface area contributed by atoms with Crippen LogP contribution in [0.4, 0.5) is 8.78 Å². The van der Waals surface area contributed by atoms with Gasteiger partial charge in [0.25, 0.3) is 11.8 Å². The molecule has 0 spiro atoms. The molecule has 23 heteroatoms. The molecule has 6 amide bonds. The first kappa shape index (κ1) is 60.0. The standard InChI is InChI=1S/C48H54F2N10O9.C10H12O2/c49-48(50)24-37(25-51)60(30-48)47(67)40-22-36(46(66)55-40)23-44(64)58-26-34-2-1-3-35(39(34)28-58)27-59-29-41(56-57-59)32-7-9-33(10-8-32)45(65)54-16-15-52-43(63)14-18-68-20-21-69-19-17-53-42(62)13-6-31-4-11-38(61)12-5-31;1-8-2-4-9(5-3-8)6-7-10(11)12/h1-5,7-12,29,36-37,40,61H,6,13-24,26-28,30H2,(H,52,63)(H,53,62)(H,54,65)(H,55,66);2-5H,6-7H2,1H3,(H,11,12)/t36-,37-,40-;/m0./s1. The summed E-state index contributed by atoms with van der Waals surface area (Å²) in [5.41, 5.74) is 7.81. The van der Waals surface area contributed by atoms with E-state index < -0.39 is 54.7 Å². The first-order valence-electron chi connectivity index (χ1n) is 26.7. The first-order valence-corrected chi connectivity index (χ1v) is 26.7. The van der Waals surface area contributed by atoms with Crippen molar-refractivity contribution in [2.24, 2.45) is 5.92 Å². The number of phenols is 1. The number of nitriles is 1. The number of carbonyl (C=O) groups is 7. The SMILES string of the molecule is Cc1ccc(CCC(=O)O)cc1.N#C[C@@H]1CC(F)(F)CN1C(=O)[C@@H]1C[C@@H](CC(=O)N2Cc3cccc(Cn4cc(-c5ccc(C(=O)NCCNC(=O)CCOCCOCCNC(=O)CCc6ccc(O)cc6)cc5)nn4)c3C2)C(=O)N1. The van der Waals surface area contributed by atoms with Crippen LogP contribution in [0.1, 0.15) is 82.3 Å². The quantitative estimate of drug-likeness (QED) is 0.0447. The number of aromatic hydroxyl groups is 1. The minimum atomic E-state index is -3.18. The van der Waals surface area contributed by atoms with E-state index in [1.807, 2.05) is 49.4 Å². The number of hydrogen-bond acceptors (Lipinski definition) is 13. The van der Waals surface area contributed by atoms with Gasteiger partial charge in [0, 0.05) is 81.9 Å². The number of hydrogen-bond donors (Lipinski definition) is 6. The maximum absolute atomic E-state index is 14.0. The smallest absolute Gasteiger partial charge is 0.303 e. The summed E-state index contributed by atoms with van der Waals surface area (Å²) in [5.74, 6) is -6.71. The number of alkyl halides is 2. The van der Waals surface area contributed by atoms with Crippen molar-refractivity contribution in [1.82, 2.24) is 46.1 Å². The minimum Gasteiger partial charge on any atom is -0.508 e. The molecule has 21 nitrogen and oxygen atoms in total. The van der Waals surface area contributed by atoms with Crippen molar-refractivity contribution in [2.45, 2.75) is 95.9 Å². The Morgan fingerprint density at radius 1 is 0.815 bits per heavy atom. The van der Waals surface area contributed by atoms with Gasteiger partial charge in [-0.2, -0.15) is 5.26 Å². The Morgan fingerprint density at radius 2 is 1.48 bits per heavy atom. The van der Waals surface area contributed by atoms with Crippen molar-refractivity contribution in [2.75, 3.05) is 52.6 Å². The lowest BCUT2D eigenvalue weighted by Crippen LogP contribution is -2.46. The summed E-state index contributed by atoms with van der Waals surface area (Å²) in [5, 5.41) is 46.5. The number of rotatable bonds is 25. The molecule has 4 heterocycles. The first-order chi connectivity index (χ1) is 38.9. The molecule has 2 saturated heterocycles. The predicted octanol–water partition coefficient (Wildman–Crippen LogP) is 4.23. The van der Waals surface area contributed by atoms with Crippen LogP contribution >= 0.6 is 0 Å². The van der Waals surface area contributed by atoms with Crippen molar-refractivity contribution in [3.05, 3.63) is 136 Å². The number of carboxylic acid groups (broad SMARTS) is 1. The molecule has 8 rings (SSSR count). The van der Waals surface area contributed by atoms with E-state index in [1.165, 1.54) is 5.56 Å². The van der Waals surface area contributed by atoms with E-state index in [0.717, 1.165) is 38.3 Å². The molecule has 4 aromatic carbocycles. The number of phenolic OH excluding ortho intramolecular Hbond substituents is 1. The molecule has 81 heavy (non-hydrogen) atoms. The van der Waals surface area contributed by atoms with Gasteiger partial charge < -0.3 is 50.8 Å². The molecule has 6 N–H and O–H groups in total. The fourth-order valence-corrected chi connectivity index (χ4v) is 9.41. The molecule has 0 bridgehead atoms. The highest BCUT2D eigenvalue weighted by Crippen LogP contribution is 2.34. The second kappa shape index (κ2) is 29.0. The van der Waals surface area contributed by atoms with Crippen LogP contribution < -0.4 is 21.3 Å². The van der Waals surface area contributed by atoms with E-state index >= 15 is 0 Å². The largest absolute Gasteiger partial charge is 0.508 e. The Balaban J connectivity index is 0.000000699. The van der Waals surface area contributed by atoms with Gasteiger partial charge in [0.2, 0.25) is 29.5 Å². The number of aliphatic carboxylic acids is 1. The van der Waals surface area contributed by atoms with Crippen molar-refractivity contribution < 1.29 is 62.0 Å². The van der Waals surface area contributed by atoms with Gasteiger partial charge in [0.1, 0.15) is 23.5 Å². The summed E-state index contributed by atoms with van der Waals surface area (Å²) in [7, 11) is 0. The monoisotopic (exact) mass is 1120 g/mol. The molecule has 3 aliphatic rings. The zero-order chi connectivity index (χ0) is 57.9. The highest BCUT2D eigenvalue weighted by atomic mass is 19.3. The fraction of sp³-hybridized carbons (Fsp3) is 0.414. The van der Waals surface area contributed by atoms with Gasteiger partial charge in [-0.1, -0.05) is 77.5 Å². The second-order valence-corrected chi connectivity index (χ2v) is 20.0. The van der Waals surface area contributed by atoms with E-state index in [-0.39, 0.29) is 74.8 Å². The molecule has 0 radical (unpaired) electrons. The van der Waals surface area contributed by atoms with Gasteiger partial charge in [-0.15, -0.1) is 5.10 Å². The van der Waals surface area contributed by atoms with Gasteiger partial charge in [0.05, 0.1) is 51.8 Å². The lowest BCUT2D eigenvalue weighted by molar-refractivity contribution is -0.137. The summed E-state index contributed by atoms with van der Waals surface area (Å²) in [6, 6.07) is 26.7. The number of aryl methyl sites for hydroxylation is 3. The minimum absolute atomic E-state index is 0.0295. The molecular weight excluding hydrogens is 1050 g/mol. The second-order valence-electron chi connectivity index (χ2n) is 20.0. The number of ether oxygens (including phenoxy) is 2. The Labute approximate surface area is 467 Å². The van der Waals surface area contributed by atoms with Gasteiger partial charge in [-0.05, 0) is 78.3 Å². The normalized spacial score (nSPS) is 16.8. The van der Waals surface area contributed by atoms with Crippen LogP contribution in [0.3, 0.4) is 0 Å². The molecule has 428 valence electrons. The number of aromatic nitrogens is 3. The summed E-state index contributed by atoms with van der Waals surface area (Å²) in [4.78, 5) is 89.0. The predicted molar refractivity (Wildman–Crippen MR) is 289 cm³/mol. The number of likely N-dealkylation sites (tertiary alicyclic amines) is 1. The third-order valence-electron chi connectivity index (χ3n) is 13.8. The van der Waals surface area contributed by atoms with Crippen LogP contribution in [0.15, 0.2) is 97.2 Å². The van der Waals surface area contributed by atoms with Gasteiger partial charge in [0.15, 0.2) is 0 Å². The number of benzene rings is 4. The molecule has 2 fully saturated rings.